The van der Waals surface area contributed by atoms with Crippen molar-refractivity contribution < 1.29 is 77.9 Å². The zero-order valence-electron chi connectivity index (χ0n) is 66.2. The summed E-state index contributed by atoms with van der Waals surface area (Å²) in [7, 11) is 0. The van der Waals surface area contributed by atoms with Gasteiger partial charge in [-0.1, -0.05) is 159 Å². The van der Waals surface area contributed by atoms with Crippen LogP contribution in [0.5, 0.6) is 0 Å². The number of ether oxygens (including phenoxy) is 1. The highest BCUT2D eigenvalue weighted by Crippen LogP contribution is 2.24. The molecule has 2 aliphatic rings. The number of aliphatic hydroxyl groups is 3. The number of morpholine rings is 1. The molecule has 0 unspecified atom stereocenters. The average molecular weight is 1640 g/mol. The fraction of sp³-hybridized carbons (Fsp3) is 0.452. The lowest BCUT2D eigenvalue weighted by Gasteiger charge is -2.31. The van der Waals surface area contributed by atoms with E-state index in [0.29, 0.717) is 78.7 Å². The van der Waals surface area contributed by atoms with Gasteiger partial charge in [0.1, 0.15) is 54.4 Å². The molecule has 2 aliphatic heterocycles. The molecule has 117 heavy (non-hydrogen) atoms. The first-order valence-corrected chi connectivity index (χ1v) is 39.9. The monoisotopic (exact) mass is 1630 g/mol. The molecular weight excluding hydrogens is 1520 g/mol. The average Bonchev–Trinajstić information content (AvgIpc) is 1.56. The molecule has 0 radical (unpaired) electrons. The number of carbonyl (C=O) groups excluding carboxylic acids is 10. The summed E-state index contributed by atoms with van der Waals surface area (Å²) >= 11 is 6.29. The number of nitrogens with two attached hydrogens (primary N) is 2. The molecule has 2 heterocycles. The summed E-state index contributed by atoms with van der Waals surface area (Å²) in [4.78, 5) is 164. The lowest BCUT2D eigenvalue weighted by atomic mass is 9.97. The predicted molar refractivity (Wildman–Crippen MR) is 439 cm³/mol. The molecule has 8 rings (SSSR count). The van der Waals surface area contributed by atoms with Crippen LogP contribution in [0, 0.1) is 11.3 Å². The molecule has 0 saturated carbocycles. The Morgan fingerprint density at radius 2 is 1.01 bits per heavy atom. The van der Waals surface area contributed by atoms with E-state index >= 15 is 24.0 Å². The molecule has 0 aliphatic carbocycles. The molecule has 33 heteroatoms. The number of hydrogen-bond acceptors (Lipinski definition) is 19. The van der Waals surface area contributed by atoms with Gasteiger partial charge in [0, 0.05) is 83.1 Å². The van der Waals surface area contributed by atoms with E-state index in [9.17, 15) is 49.2 Å². The van der Waals surface area contributed by atoms with E-state index in [4.69, 9.17) is 33.2 Å². The Kier molecular flexibility index (Phi) is 36.5. The van der Waals surface area contributed by atoms with Crippen molar-refractivity contribution in [1.82, 2.24) is 67.9 Å². The minimum Gasteiger partial charge on any atom is -0.480 e. The molecule has 0 spiro atoms. The Bertz CT molecular complexity index is 4300. The number of aliphatic hydroxyl groups excluding tert-OH is 3. The van der Waals surface area contributed by atoms with Crippen molar-refractivity contribution in [3.63, 3.8) is 0 Å². The molecule has 32 nitrogen and oxygen atoms in total. The van der Waals surface area contributed by atoms with Gasteiger partial charge in [-0.25, -0.2) is 0 Å². The molecule has 6 aromatic rings. The predicted octanol–water partition coefficient (Wildman–Crippen LogP) is 0.344. The largest absolute Gasteiger partial charge is 0.480 e. The Morgan fingerprint density at radius 1 is 0.538 bits per heavy atom. The first kappa shape index (κ1) is 91.6. The summed E-state index contributed by atoms with van der Waals surface area (Å²) in [5, 5.41) is 77.8. The van der Waals surface area contributed by atoms with Crippen molar-refractivity contribution in [2.75, 3.05) is 78.8 Å². The first-order valence-electron chi connectivity index (χ1n) is 39.5. The molecule has 10 atom stereocenters. The van der Waals surface area contributed by atoms with E-state index in [2.05, 4.69) is 58.1 Å². The molecule has 630 valence electrons. The van der Waals surface area contributed by atoms with E-state index in [1.165, 1.54) is 11.8 Å². The highest BCUT2D eigenvalue weighted by atomic mass is 35.5. The molecule has 2 fully saturated rings. The van der Waals surface area contributed by atoms with Crippen LogP contribution >= 0.6 is 11.6 Å². The Balaban J connectivity index is 1.10. The van der Waals surface area contributed by atoms with Gasteiger partial charge in [-0.05, 0) is 113 Å². The fourth-order valence-electron chi connectivity index (χ4n) is 14.0. The van der Waals surface area contributed by atoms with Crippen molar-refractivity contribution in [2.24, 2.45) is 17.4 Å². The van der Waals surface area contributed by atoms with Crippen molar-refractivity contribution in [2.45, 2.75) is 158 Å². The number of nitrogens with one attached hydrogen (secondary N) is 11. The van der Waals surface area contributed by atoms with Gasteiger partial charge in [0.25, 0.3) is 0 Å². The van der Waals surface area contributed by atoms with Gasteiger partial charge in [-0.15, -0.1) is 0 Å². The number of fused-ring (bicyclic) bond motifs is 1. The summed E-state index contributed by atoms with van der Waals surface area (Å²) < 4.78 is 5.56. The van der Waals surface area contributed by atoms with Gasteiger partial charge in [0.2, 0.25) is 59.1 Å². The van der Waals surface area contributed by atoms with Gasteiger partial charge in [-0.2, -0.15) is 0 Å². The number of benzene rings is 6. The third-order valence-corrected chi connectivity index (χ3v) is 20.6. The number of nitrogens with zero attached hydrogens (tertiary/aromatic N) is 3. The second kappa shape index (κ2) is 46.7. The van der Waals surface area contributed by atoms with E-state index in [1.807, 2.05) is 59.5 Å². The number of carbonyl (C=O) groups is 11. The number of guanidine groups is 1. The van der Waals surface area contributed by atoms with Gasteiger partial charge in [0.05, 0.1) is 45.6 Å². The second-order valence-electron chi connectivity index (χ2n) is 29.9. The van der Waals surface area contributed by atoms with Crippen LogP contribution in [0.25, 0.3) is 10.8 Å². The van der Waals surface area contributed by atoms with Crippen LogP contribution in [0.3, 0.4) is 0 Å². The number of amides is 10. The third-order valence-electron chi connectivity index (χ3n) is 20.3. The molecule has 0 bridgehead atoms. The van der Waals surface area contributed by atoms with Crippen LogP contribution in [0.1, 0.15) is 91.8 Å². The summed E-state index contributed by atoms with van der Waals surface area (Å²) in [6.45, 7) is 7.16. The molecule has 6 aromatic carbocycles. The molecule has 10 amide bonds. The van der Waals surface area contributed by atoms with Crippen LogP contribution in [-0.4, -0.2) is 245 Å². The standard InChI is InChI=1S/C84H111ClN16O16/c1-52(2)42-66(76(109)92-64(18-10-32-89-84(87)88)83(116)101-33-11-19-72(101)82(115)91-53(3)74(86)107)93-77(110)69(44-55-20-24-58(25-21-55)49-99(34-38-102)35-39-103)96-79(112)70(45-56-22-26-59(27-23-56)50-100-36-40-117-41-37-100)97-81(114)71(51-104)98-80(113)67(43-54-12-5-4-6-13-54)95-78(111)68(46-57-28-30-62(85)31-29-57)94-75(108)65(90-48-73(105)106)47-61-16-9-15-60-14-7-8-17-63(60)61/h4-9,12-17,20-31,52-53,64-72,90,102-104H,10-11,18-19,32-51H2,1-3H3,(H2,86,107)(H,91,115)(H,92,109)(H,93,110)(H,94,108)(H,95,111)(H,96,112)(H,97,114)(H,98,113)(H,105,106)(H4,87,88,89)/t53-,64+,65-,66+,67-,68-,69-,70+,71+,72+/m1/s1. The normalized spacial score (nSPS) is 15.9. The number of rotatable bonds is 46. The SMILES string of the molecule is CC(C)C[C@H](NC(=O)[C@@H](Cc1ccc(CN(CCO)CCO)cc1)NC(=O)[C@H](Cc1ccc(CN2CCOCC2)cc1)NC(=O)[C@H](CO)NC(=O)[C@@H](Cc1ccccc1)NC(=O)[C@@H](Cc1ccc(Cl)cc1)NC(=O)[C@@H](Cc1cccc2ccccc12)NCC(=O)O)C(=O)N[C@@H](CCCNC(=N)N)C(=O)N1CCC[C@H]1C(=O)N[C@H](C)C(N)=O. The minimum absolute atomic E-state index is 0.000241. The number of carboxylic acid groups (broad SMARTS) is 1. The van der Waals surface area contributed by atoms with Crippen molar-refractivity contribution in [3.8, 4) is 0 Å². The van der Waals surface area contributed by atoms with Crippen LogP contribution < -0.4 is 64.6 Å². The maximum atomic E-state index is 15.6. The number of carboxylic acids is 1. The second-order valence-corrected chi connectivity index (χ2v) is 30.3. The topological polar surface area (TPSA) is 484 Å². The first-order chi connectivity index (χ1) is 56.2. The number of likely N-dealkylation sites (tertiary alicyclic amines) is 1. The maximum absolute atomic E-state index is 15.6. The molecule has 0 aromatic heterocycles. The Labute approximate surface area is 685 Å². The highest BCUT2D eigenvalue weighted by Gasteiger charge is 2.41. The zero-order chi connectivity index (χ0) is 84.5. The minimum atomic E-state index is -1.84. The smallest absolute Gasteiger partial charge is 0.317 e. The van der Waals surface area contributed by atoms with Crippen LogP contribution in [-0.2, 0) is 103 Å². The lowest BCUT2D eigenvalue weighted by molar-refractivity contribution is -0.142. The van der Waals surface area contributed by atoms with Crippen molar-refractivity contribution in [3.05, 3.63) is 190 Å². The van der Waals surface area contributed by atoms with Crippen molar-refractivity contribution >= 4 is 93.4 Å². The number of hydrogen-bond donors (Lipinski definition) is 17. The number of halogens is 1. The van der Waals surface area contributed by atoms with Crippen molar-refractivity contribution in [1.29, 1.82) is 5.41 Å². The Morgan fingerprint density at radius 3 is 1.54 bits per heavy atom. The quantitative estimate of drug-likeness (QED) is 0.0139. The number of primary amides is 1. The Hall–Kier alpha value is -11.0. The van der Waals surface area contributed by atoms with E-state index in [1.54, 1.807) is 105 Å². The number of aliphatic carboxylic acids is 1. The zero-order valence-corrected chi connectivity index (χ0v) is 67.0. The van der Waals surface area contributed by atoms with Gasteiger partial charge >= 0.3 is 5.97 Å². The molecule has 2 saturated heterocycles. The van der Waals surface area contributed by atoms with Crippen LogP contribution in [0.15, 0.2) is 146 Å². The van der Waals surface area contributed by atoms with Gasteiger partial charge in [0.15, 0.2) is 5.96 Å². The van der Waals surface area contributed by atoms with Gasteiger partial charge < -0.3 is 89.4 Å². The summed E-state index contributed by atoms with van der Waals surface area (Å²) in [5.74, 6) is -10.2. The summed E-state index contributed by atoms with van der Waals surface area (Å²) in [6, 6.07) is 28.3. The van der Waals surface area contributed by atoms with E-state index in [0.717, 1.165) is 21.9 Å². The highest BCUT2D eigenvalue weighted by molar-refractivity contribution is 6.30. The van der Waals surface area contributed by atoms with Crippen LogP contribution in [0.4, 0.5) is 0 Å². The van der Waals surface area contributed by atoms with E-state index in [-0.39, 0.29) is 109 Å². The summed E-state index contributed by atoms with van der Waals surface area (Å²) in [6.07, 6.45) is -0.0536. The fourth-order valence-corrected chi connectivity index (χ4v) is 14.2. The maximum Gasteiger partial charge on any atom is 0.317 e. The van der Waals surface area contributed by atoms with Gasteiger partial charge in [-0.3, -0.25) is 73.3 Å². The lowest BCUT2D eigenvalue weighted by Crippen LogP contribution is -2.62. The van der Waals surface area contributed by atoms with Crippen LogP contribution in [0.2, 0.25) is 5.02 Å². The molecule has 19 N–H and O–H groups in total. The van der Waals surface area contributed by atoms with E-state index < -0.39 is 139 Å². The molecular formula is C84H111ClN16O16. The third kappa shape index (κ3) is 29.6. The summed E-state index contributed by atoms with van der Waals surface area (Å²) in [5.41, 5.74) is 15.5.